The summed E-state index contributed by atoms with van der Waals surface area (Å²) in [6.45, 7) is 10.5. The maximum absolute atomic E-state index is 5.17. The molecule has 144 valence electrons. The number of allylic oxidation sites excluding steroid dienone is 4. The maximum atomic E-state index is 5.17. The van der Waals surface area contributed by atoms with E-state index in [0.29, 0.717) is 0 Å². The number of benzene rings is 2. The predicted octanol–water partition coefficient (Wildman–Crippen LogP) is 6.33. The van der Waals surface area contributed by atoms with E-state index in [1.165, 1.54) is 5.57 Å². The van der Waals surface area contributed by atoms with Crippen LogP contribution >= 0.6 is 0 Å². The van der Waals surface area contributed by atoms with Crippen molar-refractivity contribution >= 4 is 11.4 Å². The topological polar surface area (TPSA) is 24.7 Å². The van der Waals surface area contributed by atoms with Gasteiger partial charge in [0.05, 0.1) is 11.4 Å². The molecule has 0 N–H and O–H groups in total. The van der Waals surface area contributed by atoms with Crippen LogP contribution in [0.25, 0.3) is 0 Å². The molecule has 2 nitrogen and oxygen atoms in total. The highest BCUT2D eigenvalue weighted by Gasteiger charge is 2.32. The number of hydrogen-bond acceptors (Lipinski definition) is 2. The summed E-state index contributed by atoms with van der Waals surface area (Å²) >= 11 is 0. The molecular weight excluding hydrogens is 352 g/mol. The summed E-state index contributed by atoms with van der Waals surface area (Å²) < 4.78 is 0. The average molecular weight is 379 g/mol. The van der Waals surface area contributed by atoms with Crippen LogP contribution in [0.5, 0.6) is 0 Å². The van der Waals surface area contributed by atoms with Gasteiger partial charge in [-0.05, 0) is 43.5 Å². The Bertz CT molecular complexity index is 1080. The lowest BCUT2D eigenvalue weighted by atomic mass is 9.80. The van der Waals surface area contributed by atoms with E-state index in [1.807, 2.05) is 31.2 Å². The number of aliphatic imine (C=N–C) groups is 2. The van der Waals surface area contributed by atoms with Crippen LogP contribution in [0.2, 0.25) is 0 Å². The van der Waals surface area contributed by atoms with E-state index >= 15 is 0 Å². The Hall–Kier alpha value is -3.26. The monoisotopic (exact) mass is 378 g/mol. The van der Waals surface area contributed by atoms with Crippen molar-refractivity contribution in [3.63, 3.8) is 0 Å². The van der Waals surface area contributed by atoms with Gasteiger partial charge in [0.2, 0.25) is 0 Å². The number of fused-ring (bicyclic) bond motifs is 1. The number of hydrogen-bond donors (Lipinski definition) is 0. The van der Waals surface area contributed by atoms with Gasteiger partial charge in [-0.25, -0.2) is 0 Å². The lowest BCUT2D eigenvalue weighted by Crippen LogP contribution is -2.29. The summed E-state index contributed by atoms with van der Waals surface area (Å²) in [5.74, 6) is 0.230. The number of dihydropyridines is 1. The third-order valence-electron chi connectivity index (χ3n) is 5.54. The van der Waals surface area contributed by atoms with Gasteiger partial charge in [0, 0.05) is 17.2 Å². The molecule has 2 atom stereocenters. The Morgan fingerprint density at radius 1 is 0.966 bits per heavy atom. The molecule has 0 fully saturated rings. The van der Waals surface area contributed by atoms with Crippen LogP contribution in [0.1, 0.15) is 31.9 Å². The van der Waals surface area contributed by atoms with Crippen LogP contribution < -0.4 is 0 Å². The first-order valence-corrected chi connectivity index (χ1v) is 10.0. The summed E-state index contributed by atoms with van der Waals surface area (Å²) in [7, 11) is 0. The number of rotatable bonds is 4. The lowest BCUT2D eigenvalue weighted by Gasteiger charge is -2.32. The molecule has 0 amide bonds. The molecule has 2 aromatic rings. The molecule has 0 spiro atoms. The van der Waals surface area contributed by atoms with Gasteiger partial charge in [-0.1, -0.05) is 85.0 Å². The smallest absolute Gasteiger partial charge is 0.103 e. The average Bonchev–Trinajstić information content (AvgIpc) is 2.75. The standard InChI is InChI=1S/C27H26N2/c1-18(2)23-15-16-24-19(3)17-25(22-13-9-6-10-14-22)29-27(24)26(23)28-20(4)21-11-7-5-8-12-21/h5-17,24,27H,1H2,2-4H3. The molecule has 1 aliphatic heterocycles. The van der Waals surface area contributed by atoms with Crippen LogP contribution in [-0.4, -0.2) is 17.5 Å². The molecule has 0 radical (unpaired) electrons. The maximum Gasteiger partial charge on any atom is 0.103 e. The Morgan fingerprint density at radius 2 is 1.62 bits per heavy atom. The first-order valence-electron chi connectivity index (χ1n) is 10.0. The van der Waals surface area contributed by atoms with E-state index in [-0.39, 0.29) is 12.0 Å². The SMILES string of the molecule is C=C(C)C1=C(N=C(C)c2ccccc2)C2N=C(c3ccccc3)C=C(C)C2C=C1. The lowest BCUT2D eigenvalue weighted by molar-refractivity contribution is 0.605. The highest BCUT2D eigenvalue weighted by atomic mass is 14.9. The van der Waals surface area contributed by atoms with Crippen molar-refractivity contribution in [1.82, 2.24) is 0 Å². The van der Waals surface area contributed by atoms with Crippen molar-refractivity contribution in [1.29, 1.82) is 0 Å². The third kappa shape index (κ3) is 3.84. The first kappa shape index (κ1) is 19.1. The van der Waals surface area contributed by atoms with Crippen molar-refractivity contribution in [3.8, 4) is 0 Å². The minimum atomic E-state index is -0.0365. The van der Waals surface area contributed by atoms with Crippen molar-refractivity contribution in [2.45, 2.75) is 26.8 Å². The molecule has 2 heteroatoms. The number of nitrogens with zero attached hydrogens (tertiary/aromatic N) is 2. The van der Waals surface area contributed by atoms with Crippen LogP contribution in [0, 0.1) is 5.92 Å². The Labute approximate surface area is 173 Å². The quantitative estimate of drug-likeness (QED) is 0.555. The molecular formula is C27H26N2. The summed E-state index contributed by atoms with van der Waals surface area (Å²) in [4.78, 5) is 10.3. The zero-order chi connectivity index (χ0) is 20.4. The highest BCUT2D eigenvalue weighted by molar-refractivity contribution is 6.10. The van der Waals surface area contributed by atoms with Crippen LogP contribution in [0.15, 0.2) is 118 Å². The zero-order valence-electron chi connectivity index (χ0n) is 17.3. The molecule has 0 saturated carbocycles. The van der Waals surface area contributed by atoms with Crippen molar-refractivity contribution in [2.75, 3.05) is 0 Å². The van der Waals surface area contributed by atoms with Gasteiger partial charge in [-0.15, -0.1) is 0 Å². The van der Waals surface area contributed by atoms with Crippen molar-refractivity contribution in [2.24, 2.45) is 15.9 Å². The molecule has 29 heavy (non-hydrogen) atoms. The van der Waals surface area contributed by atoms with Crippen molar-refractivity contribution < 1.29 is 0 Å². The molecule has 2 aliphatic rings. The molecule has 0 bridgehead atoms. The first-order chi connectivity index (χ1) is 14.0. The van der Waals surface area contributed by atoms with E-state index in [9.17, 15) is 0 Å². The second kappa shape index (κ2) is 8.00. The summed E-state index contributed by atoms with van der Waals surface area (Å²) in [6, 6.07) is 20.7. The zero-order valence-corrected chi connectivity index (χ0v) is 17.3. The fourth-order valence-corrected chi connectivity index (χ4v) is 3.94. The van der Waals surface area contributed by atoms with Gasteiger partial charge in [0.15, 0.2) is 0 Å². The van der Waals surface area contributed by atoms with Gasteiger partial charge in [0.1, 0.15) is 6.04 Å². The minimum absolute atomic E-state index is 0.0365. The fourth-order valence-electron chi connectivity index (χ4n) is 3.94. The molecule has 0 saturated heterocycles. The summed E-state index contributed by atoms with van der Waals surface area (Å²) in [6.07, 6.45) is 6.63. The van der Waals surface area contributed by atoms with Gasteiger partial charge in [0.25, 0.3) is 0 Å². The van der Waals surface area contributed by atoms with E-state index in [0.717, 1.165) is 39.4 Å². The fraction of sp³-hybridized carbons (Fsp3) is 0.185. The molecule has 2 unspecified atom stereocenters. The summed E-state index contributed by atoms with van der Waals surface area (Å²) in [5.41, 5.74) is 8.71. The van der Waals surface area contributed by atoms with Crippen molar-refractivity contribution in [3.05, 3.63) is 119 Å². The van der Waals surface area contributed by atoms with Crippen LogP contribution in [-0.2, 0) is 0 Å². The van der Waals surface area contributed by atoms with E-state index in [1.54, 1.807) is 0 Å². The van der Waals surface area contributed by atoms with Gasteiger partial charge in [-0.3, -0.25) is 9.98 Å². The van der Waals surface area contributed by atoms with Gasteiger partial charge >= 0.3 is 0 Å². The minimum Gasteiger partial charge on any atom is -0.274 e. The van der Waals surface area contributed by atoms with Crippen LogP contribution in [0.4, 0.5) is 0 Å². The van der Waals surface area contributed by atoms with E-state index < -0.39 is 0 Å². The van der Waals surface area contributed by atoms with Gasteiger partial charge < -0.3 is 0 Å². The molecule has 1 heterocycles. The second-order valence-electron chi connectivity index (χ2n) is 7.74. The Kier molecular flexibility index (Phi) is 5.26. The molecule has 1 aliphatic carbocycles. The predicted molar refractivity (Wildman–Crippen MR) is 124 cm³/mol. The molecule has 2 aromatic carbocycles. The summed E-state index contributed by atoms with van der Waals surface area (Å²) in [5, 5.41) is 0. The van der Waals surface area contributed by atoms with E-state index in [4.69, 9.17) is 9.98 Å². The Balaban J connectivity index is 1.84. The second-order valence-corrected chi connectivity index (χ2v) is 7.74. The third-order valence-corrected chi connectivity index (χ3v) is 5.54. The van der Waals surface area contributed by atoms with Gasteiger partial charge in [-0.2, -0.15) is 0 Å². The van der Waals surface area contributed by atoms with Crippen LogP contribution in [0.3, 0.4) is 0 Å². The normalized spacial score (nSPS) is 21.4. The largest absolute Gasteiger partial charge is 0.274 e. The molecule has 4 rings (SSSR count). The highest BCUT2D eigenvalue weighted by Crippen LogP contribution is 2.37. The Morgan fingerprint density at radius 3 is 2.28 bits per heavy atom. The molecule has 0 aromatic heterocycles. The van der Waals surface area contributed by atoms with E-state index in [2.05, 4.69) is 75.1 Å².